The van der Waals surface area contributed by atoms with Crippen molar-refractivity contribution in [1.29, 1.82) is 0 Å². The van der Waals surface area contributed by atoms with Crippen LogP contribution < -0.4 is 11.5 Å². The topological polar surface area (TPSA) is 64.9 Å². The average molecular weight is 245 g/mol. The van der Waals surface area contributed by atoms with Crippen LogP contribution in [0, 0.1) is 0 Å². The molecule has 0 aliphatic carbocycles. The van der Waals surface area contributed by atoms with Crippen molar-refractivity contribution in [3.8, 4) is 0 Å². The Kier molecular flexibility index (Phi) is 4.01. The highest BCUT2D eigenvalue weighted by atomic mass is 32.2. The van der Waals surface area contributed by atoms with E-state index in [0.717, 1.165) is 16.2 Å². The minimum Gasteiger partial charge on any atom is -0.384 e. The van der Waals surface area contributed by atoms with Gasteiger partial charge in [0.1, 0.15) is 5.82 Å². The maximum absolute atomic E-state index is 6.11. The first-order valence-electron chi connectivity index (χ1n) is 5.40. The minimum absolute atomic E-state index is 0.0405. The number of nitrogen functional groups attached to an aromatic ring is 1. The van der Waals surface area contributed by atoms with Crippen LogP contribution in [0.1, 0.15) is 11.6 Å². The Morgan fingerprint density at radius 2 is 1.88 bits per heavy atom. The van der Waals surface area contributed by atoms with Crippen molar-refractivity contribution >= 4 is 17.6 Å². The Morgan fingerprint density at radius 1 is 1.12 bits per heavy atom. The molecule has 3 nitrogen and oxygen atoms in total. The second-order valence-electron chi connectivity index (χ2n) is 3.75. The molecular formula is C13H15N3S. The van der Waals surface area contributed by atoms with E-state index in [9.17, 15) is 0 Å². The fourth-order valence-corrected chi connectivity index (χ4v) is 2.32. The number of nitrogens with two attached hydrogens (primary N) is 2. The second-order valence-corrected chi connectivity index (χ2v) is 4.84. The van der Waals surface area contributed by atoms with E-state index >= 15 is 0 Å². The van der Waals surface area contributed by atoms with Gasteiger partial charge in [0.25, 0.3) is 0 Å². The summed E-state index contributed by atoms with van der Waals surface area (Å²) in [4.78, 5) is 5.13. The van der Waals surface area contributed by atoms with Crippen molar-refractivity contribution in [3.05, 3.63) is 54.2 Å². The second kappa shape index (κ2) is 5.70. The number of pyridine rings is 1. The van der Waals surface area contributed by atoms with Gasteiger partial charge in [-0.3, -0.25) is 0 Å². The van der Waals surface area contributed by atoms with Crippen molar-refractivity contribution in [3.63, 3.8) is 0 Å². The molecule has 0 bridgehead atoms. The molecule has 0 fully saturated rings. The van der Waals surface area contributed by atoms with Gasteiger partial charge in [-0.1, -0.05) is 30.3 Å². The van der Waals surface area contributed by atoms with E-state index in [-0.39, 0.29) is 6.04 Å². The molecule has 2 rings (SSSR count). The smallest absolute Gasteiger partial charge is 0.123 e. The lowest BCUT2D eigenvalue weighted by molar-refractivity contribution is 0.831. The van der Waals surface area contributed by atoms with E-state index in [4.69, 9.17) is 11.5 Å². The molecule has 4 heteroatoms. The molecule has 88 valence electrons. The first-order valence-corrected chi connectivity index (χ1v) is 6.39. The van der Waals surface area contributed by atoms with Gasteiger partial charge in [-0.2, -0.15) is 0 Å². The van der Waals surface area contributed by atoms with E-state index in [1.165, 1.54) is 0 Å². The third-order valence-corrected chi connectivity index (χ3v) is 3.52. The van der Waals surface area contributed by atoms with E-state index in [1.807, 2.05) is 36.4 Å². The van der Waals surface area contributed by atoms with Crippen LogP contribution in [0.15, 0.2) is 53.6 Å². The van der Waals surface area contributed by atoms with Gasteiger partial charge in [-0.15, -0.1) is 11.8 Å². The number of benzene rings is 1. The maximum Gasteiger partial charge on any atom is 0.123 e. The van der Waals surface area contributed by atoms with Crippen LogP contribution in [0.25, 0.3) is 0 Å². The minimum atomic E-state index is 0.0405. The third kappa shape index (κ3) is 3.47. The summed E-state index contributed by atoms with van der Waals surface area (Å²) in [6.07, 6.45) is 1.78. The van der Waals surface area contributed by atoms with Crippen molar-refractivity contribution < 1.29 is 0 Å². The summed E-state index contributed by atoms with van der Waals surface area (Å²) in [6.45, 7) is 0. The number of hydrogen-bond acceptors (Lipinski definition) is 4. The standard InChI is InChI=1S/C13H15N3S/c14-12(10-4-2-1-3-5-10)9-17-11-6-7-13(15)16-8-11/h1-8,12H,9,14H2,(H2,15,16). The summed E-state index contributed by atoms with van der Waals surface area (Å²) in [7, 11) is 0. The molecule has 4 N–H and O–H groups in total. The largest absolute Gasteiger partial charge is 0.384 e. The van der Waals surface area contributed by atoms with Gasteiger partial charge in [-0.25, -0.2) is 4.98 Å². The Morgan fingerprint density at radius 3 is 2.53 bits per heavy atom. The normalized spacial score (nSPS) is 12.3. The summed E-state index contributed by atoms with van der Waals surface area (Å²) in [5.74, 6) is 1.37. The summed E-state index contributed by atoms with van der Waals surface area (Å²) in [6, 6.07) is 13.9. The fourth-order valence-electron chi connectivity index (χ4n) is 1.46. The molecule has 1 aromatic carbocycles. The molecule has 1 heterocycles. The highest BCUT2D eigenvalue weighted by Gasteiger charge is 2.05. The number of thioether (sulfide) groups is 1. The van der Waals surface area contributed by atoms with Gasteiger partial charge in [0.15, 0.2) is 0 Å². The Labute approximate surface area is 105 Å². The molecule has 0 aliphatic rings. The van der Waals surface area contributed by atoms with E-state index in [2.05, 4.69) is 4.98 Å². The van der Waals surface area contributed by atoms with Gasteiger partial charge < -0.3 is 11.5 Å². The fraction of sp³-hybridized carbons (Fsp3) is 0.154. The lowest BCUT2D eigenvalue weighted by atomic mass is 10.1. The van der Waals surface area contributed by atoms with Crippen LogP contribution >= 0.6 is 11.8 Å². The lowest BCUT2D eigenvalue weighted by Crippen LogP contribution is -2.12. The molecule has 1 atom stereocenters. The van der Waals surface area contributed by atoms with Crippen LogP contribution in [0.2, 0.25) is 0 Å². The SMILES string of the molecule is Nc1ccc(SCC(N)c2ccccc2)cn1. The Balaban J connectivity index is 1.92. The predicted molar refractivity (Wildman–Crippen MR) is 72.7 cm³/mol. The first-order chi connectivity index (χ1) is 8.25. The van der Waals surface area contributed by atoms with Crippen LogP contribution in [-0.4, -0.2) is 10.7 Å². The summed E-state index contributed by atoms with van der Waals surface area (Å²) < 4.78 is 0. The first kappa shape index (κ1) is 12.0. The number of hydrogen-bond donors (Lipinski definition) is 2. The molecule has 0 saturated carbocycles. The van der Waals surface area contributed by atoms with Crippen molar-refractivity contribution in [2.24, 2.45) is 5.73 Å². The molecular weight excluding hydrogens is 230 g/mol. The van der Waals surface area contributed by atoms with Gasteiger partial charge in [0, 0.05) is 22.9 Å². The molecule has 17 heavy (non-hydrogen) atoms. The summed E-state index contributed by atoms with van der Waals surface area (Å²) in [5, 5.41) is 0. The van der Waals surface area contributed by atoms with Gasteiger partial charge in [-0.05, 0) is 17.7 Å². The maximum atomic E-state index is 6.11. The monoisotopic (exact) mass is 245 g/mol. The molecule has 1 unspecified atom stereocenters. The molecule has 0 radical (unpaired) electrons. The highest BCUT2D eigenvalue weighted by molar-refractivity contribution is 7.99. The zero-order valence-electron chi connectivity index (χ0n) is 9.41. The lowest BCUT2D eigenvalue weighted by Gasteiger charge is -2.11. The summed E-state index contributed by atoms with van der Waals surface area (Å²) in [5.41, 5.74) is 12.8. The van der Waals surface area contributed by atoms with E-state index in [0.29, 0.717) is 5.82 Å². The predicted octanol–water partition coefficient (Wildman–Crippen LogP) is 2.46. The van der Waals surface area contributed by atoms with Crippen LogP contribution in [-0.2, 0) is 0 Å². The average Bonchev–Trinajstić information content (AvgIpc) is 2.39. The Hall–Kier alpha value is -1.52. The zero-order valence-corrected chi connectivity index (χ0v) is 10.2. The zero-order chi connectivity index (χ0) is 12.1. The number of rotatable bonds is 4. The van der Waals surface area contributed by atoms with E-state index < -0.39 is 0 Å². The molecule has 1 aromatic heterocycles. The van der Waals surface area contributed by atoms with Gasteiger partial charge in [0.2, 0.25) is 0 Å². The number of anilines is 1. The summed E-state index contributed by atoms with van der Waals surface area (Å²) >= 11 is 1.69. The highest BCUT2D eigenvalue weighted by Crippen LogP contribution is 2.22. The molecule has 0 saturated heterocycles. The van der Waals surface area contributed by atoms with E-state index in [1.54, 1.807) is 24.0 Å². The molecule has 0 spiro atoms. The molecule has 2 aromatic rings. The quantitative estimate of drug-likeness (QED) is 0.812. The van der Waals surface area contributed by atoms with Crippen LogP contribution in [0.5, 0.6) is 0 Å². The van der Waals surface area contributed by atoms with Crippen molar-refractivity contribution in [1.82, 2.24) is 4.98 Å². The van der Waals surface area contributed by atoms with Crippen molar-refractivity contribution in [2.45, 2.75) is 10.9 Å². The van der Waals surface area contributed by atoms with Gasteiger partial charge >= 0.3 is 0 Å². The number of nitrogens with zero attached hydrogens (tertiary/aromatic N) is 1. The van der Waals surface area contributed by atoms with Crippen LogP contribution in [0.3, 0.4) is 0 Å². The third-order valence-electron chi connectivity index (χ3n) is 2.42. The van der Waals surface area contributed by atoms with Crippen molar-refractivity contribution in [2.75, 3.05) is 11.5 Å². The Bertz CT molecular complexity index is 456. The van der Waals surface area contributed by atoms with Gasteiger partial charge in [0.05, 0.1) is 0 Å². The number of aromatic nitrogens is 1. The molecule has 0 aliphatic heterocycles. The van der Waals surface area contributed by atoms with Crippen LogP contribution in [0.4, 0.5) is 5.82 Å². The molecule has 0 amide bonds.